The van der Waals surface area contributed by atoms with Gasteiger partial charge in [0.25, 0.3) is 0 Å². The quantitative estimate of drug-likeness (QED) is 0.0700. The van der Waals surface area contributed by atoms with Crippen LogP contribution in [0.25, 0.3) is 11.1 Å². The van der Waals surface area contributed by atoms with Gasteiger partial charge in [0.1, 0.15) is 0 Å². The first kappa shape index (κ1) is 44.2. The molecule has 1 aliphatic heterocycles. The minimum atomic E-state index is -0.889. The van der Waals surface area contributed by atoms with Crippen LogP contribution in [0.2, 0.25) is 0 Å². The third-order valence-corrected chi connectivity index (χ3v) is 10.9. The molecule has 1 heterocycles. The molecule has 8 nitrogen and oxygen atoms in total. The van der Waals surface area contributed by atoms with Gasteiger partial charge >= 0.3 is 5.97 Å². The molecule has 1 aliphatic rings. The minimum absolute atomic E-state index is 0.00907. The molecule has 0 spiro atoms. The molecule has 0 unspecified atom stereocenters. The van der Waals surface area contributed by atoms with E-state index in [0.29, 0.717) is 13.0 Å². The van der Waals surface area contributed by atoms with E-state index in [1.165, 1.54) is 77.0 Å². The Hall–Kier alpha value is -3.56. The number of aliphatic hydroxyl groups is 1. The highest BCUT2D eigenvalue weighted by Crippen LogP contribution is 2.42. The van der Waals surface area contributed by atoms with Crippen LogP contribution in [0.5, 0.6) is 0 Å². The number of carboxylic acid groups (broad SMARTS) is 1. The molecular weight excluding hydrogens is 689 g/mol. The van der Waals surface area contributed by atoms with Crippen LogP contribution in [0, 0.1) is 5.92 Å². The first-order chi connectivity index (χ1) is 26.8. The molecule has 8 heteroatoms. The van der Waals surface area contributed by atoms with Crippen molar-refractivity contribution in [3.63, 3.8) is 0 Å². The number of nitrogens with one attached hydrogen (secondary N) is 1. The van der Waals surface area contributed by atoms with Gasteiger partial charge in [0.05, 0.1) is 18.8 Å². The van der Waals surface area contributed by atoms with Crippen molar-refractivity contribution in [2.45, 2.75) is 149 Å². The van der Waals surface area contributed by atoms with E-state index in [4.69, 9.17) is 14.6 Å². The molecule has 3 aromatic carbocycles. The van der Waals surface area contributed by atoms with Gasteiger partial charge < -0.3 is 29.9 Å². The number of hydrogen-bond donors (Lipinski definition) is 3. The molecule has 1 saturated heterocycles. The average Bonchev–Trinajstić information content (AvgIpc) is 3.20. The zero-order valence-corrected chi connectivity index (χ0v) is 33.9. The largest absolute Gasteiger partial charge is 0.481 e. The fourth-order valence-corrected chi connectivity index (χ4v) is 7.49. The Kier molecular flexibility index (Phi) is 20.0. The van der Waals surface area contributed by atoms with Crippen LogP contribution < -0.4 is 5.32 Å². The number of carbonyl (C=O) groups is 2. The molecule has 302 valence electrons. The zero-order valence-electron chi connectivity index (χ0n) is 33.9. The summed E-state index contributed by atoms with van der Waals surface area (Å²) in [5.74, 6) is -0.903. The van der Waals surface area contributed by atoms with Crippen molar-refractivity contribution in [1.82, 2.24) is 10.2 Å². The minimum Gasteiger partial charge on any atom is -0.481 e. The maximum absolute atomic E-state index is 12.2. The van der Waals surface area contributed by atoms with Gasteiger partial charge in [-0.1, -0.05) is 152 Å². The Labute approximate surface area is 331 Å². The monoisotopic (exact) mass is 757 g/mol. The lowest BCUT2D eigenvalue weighted by Gasteiger charge is -2.43. The van der Waals surface area contributed by atoms with Crippen molar-refractivity contribution in [1.29, 1.82) is 0 Å². The highest BCUT2D eigenvalue weighted by molar-refractivity contribution is 5.76. The molecule has 3 aromatic rings. The molecule has 0 aliphatic carbocycles. The summed E-state index contributed by atoms with van der Waals surface area (Å²) in [7, 11) is 0. The van der Waals surface area contributed by atoms with E-state index in [9.17, 15) is 14.7 Å². The summed E-state index contributed by atoms with van der Waals surface area (Å²) in [5.41, 5.74) is 6.04. The number of nitrogens with zero attached hydrogens (tertiary/aromatic N) is 1. The molecule has 55 heavy (non-hydrogen) atoms. The Morgan fingerprint density at radius 1 is 0.691 bits per heavy atom. The Balaban J connectivity index is 1.48. The number of carbonyl (C=O) groups excluding carboxylic acids is 1. The number of rotatable bonds is 26. The van der Waals surface area contributed by atoms with Crippen molar-refractivity contribution >= 4 is 11.9 Å². The van der Waals surface area contributed by atoms with Gasteiger partial charge in [0.2, 0.25) is 5.91 Å². The molecule has 3 N–H and O–H groups in total. The van der Waals surface area contributed by atoms with Gasteiger partial charge in [-0.3, -0.25) is 9.59 Å². The summed E-state index contributed by atoms with van der Waals surface area (Å²) in [6.07, 6.45) is 15.3. The Bertz CT molecular complexity index is 1510. The fraction of sp³-hybridized carbons (Fsp3) is 0.574. The highest BCUT2D eigenvalue weighted by Gasteiger charge is 2.39. The smallest absolute Gasteiger partial charge is 0.303 e. The van der Waals surface area contributed by atoms with Gasteiger partial charge in [0, 0.05) is 37.4 Å². The van der Waals surface area contributed by atoms with E-state index in [0.717, 1.165) is 53.0 Å². The predicted molar refractivity (Wildman–Crippen MR) is 221 cm³/mol. The van der Waals surface area contributed by atoms with Crippen molar-refractivity contribution in [2.75, 3.05) is 19.6 Å². The van der Waals surface area contributed by atoms with Crippen LogP contribution >= 0.6 is 0 Å². The topological polar surface area (TPSA) is 108 Å². The molecule has 0 saturated carbocycles. The van der Waals surface area contributed by atoms with Crippen LogP contribution in [0.4, 0.5) is 0 Å². The summed E-state index contributed by atoms with van der Waals surface area (Å²) in [6.45, 7) is 10.3. The van der Waals surface area contributed by atoms with Crippen LogP contribution in [-0.4, -0.2) is 52.7 Å². The summed E-state index contributed by atoms with van der Waals surface area (Å²) in [5, 5.41) is 21.5. The maximum Gasteiger partial charge on any atom is 0.303 e. The van der Waals surface area contributed by atoms with E-state index >= 15 is 0 Å². The summed E-state index contributed by atoms with van der Waals surface area (Å²) in [4.78, 5) is 25.7. The van der Waals surface area contributed by atoms with E-state index in [-0.39, 0.29) is 43.5 Å². The van der Waals surface area contributed by atoms with Crippen LogP contribution in [-0.2, 0) is 32.2 Å². The van der Waals surface area contributed by atoms with Crippen LogP contribution in [0.15, 0.2) is 72.8 Å². The first-order valence-corrected chi connectivity index (χ1v) is 21.2. The van der Waals surface area contributed by atoms with E-state index in [1.807, 2.05) is 24.3 Å². The van der Waals surface area contributed by atoms with E-state index in [1.54, 1.807) is 0 Å². The van der Waals surface area contributed by atoms with Gasteiger partial charge in [-0.15, -0.1) is 0 Å². The van der Waals surface area contributed by atoms with Gasteiger partial charge in [-0.2, -0.15) is 0 Å². The fourth-order valence-electron chi connectivity index (χ4n) is 7.49. The second-order valence-corrected chi connectivity index (χ2v) is 15.5. The number of aliphatic carboxylic acids is 1. The third-order valence-electron chi connectivity index (χ3n) is 10.9. The number of aliphatic hydroxyl groups excluding tert-OH is 1. The number of carboxylic acids is 1. The van der Waals surface area contributed by atoms with Crippen molar-refractivity contribution in [2.24, 2.45) is 5.92 Å². The number of amides is 1. The summed E-state index contributed by atoms with van der Waals surface area (Å²) < 4.78 is 13.7. The summed E-state index contributed by atoms with van der Waals surface area (Å²) >= 11 is 0. The molecule has 1 fully saturated rings. The van der Waals surface area contributed by atoms with Crippen LogP contribution in [0.1, 0.15) is 152 Å². The Morgan fingerprint density at radius 2 is 1.31 bits per heavy atom. The molecule has 0 bridgehead atoms. The zero-order chi connectivity index (χ0) is 39.3. The second kappa shape index (κ2) is 24.8. The van der Waals surface area contributed by atoms with Crippen molar-refractivity contribution in [3.05, 3.63) is 95.1 Å². The van der Waals surface area contributed by atoms with Crippen LogP contribution in [0.3, 0.4) is 0 Å². The lowest BCUT2D eigenvalue weighted by Crippen LogP contribution is -2.45. The number of unbranched alkanes of at least 4 members (excludes halogenated alkanes) is 10. The van der Waals surface area contributed by atoms with Gasteiger partial charge in [-0.25, -0.2) is 0 Å². The molecule has 0 radical (unpaired) electrons. The predicted octanol–water partition coefficient (Wildman–Crippen LogP) is 10.5. The molecular formula is C47H68N2O6. The van der Waals surface area contributed by atoms with E-state index in [2.05, 4.69) is 79.5 Å². The highest BCUT2D eigenvalue weighted by atomic mass is 16.7. The molecule has 4 atom stereocenters. The normalized spacial score (nSPS) is 18.4. The summed E-state index contributed by atoms with van der Waals surface area (Å²) in [6, 6.07) is 24.7. The second-order valence-electron chi connectivity index (χ2n) is 15.5. The SMILES string of the molecule is CCCCCCCCN(CCCCCCCC)C[C@H]1O[C@@H](c2ccc(-c3cccc(CNC(=O)CCCC(=O)O)c3)cc2)O[C@@H](c2ccc(CO)cc2)[C@H]1C. The number of benzene rings is 3. The van der Waals surface area contributed by atoms with Gasteiger partial charge in [0.15, 0.2) is 6.29 Å². The number of hydrogen-bond acceptors (Lipinski definition) is 6. The molecule has 4 rings (SSSR count). The molecule has 1 amide bonds. The first-order valence-electron chi connectivity index (χ1n) is 21.2. The maximum atomic E-state index is 12.2. The average molecular weight is 757 g/mol. The standard InChI is InChI=1S/C47H68N2O6/c1-4-6-8-10-12-14-30-49(31-15-13-11-9-7-5-2)34-43-36(3)46(40-24-22-37(35-50)23-25-40)55-47(54-43)41-28-26-39(27-29-41)42-19-16-18-38(32-42)33-48-44(51)20-17-21-45(52)53/h16,18-19,22-29,32,36,43,46-47,50H,4-15,17,20-21,30-31,33-35H2,1-3H3,(H,48,51)(H,52,53)/t36-,43+,46+,47+/m0/s1. The Morgan fingerprint density at radius 3 is 1.93 bits per heavy atom. The van der Waals surface area contributed by atoms with Gasteiger partial charge in [-0.05, 0) is 66.2 Å². The van der Waals surface area contributed by atoms with E-state index < -0.39 is 12.3 Å². The van der Waals surface area contributed by atoms with Crippen molar-refractivity contribution < 1.29 is 29.3 Å². The number of ether oxygens (including phenoxy) is 2. The molecule has 0 aromatic heterocycles. The van der Waals surface area contributed by atoms with Crippen molar-refractivity contribution in [3.8, 4) is 11.1 Å². The lowest BCUT2D eigenvalue weighted by atomic mass is 9.89. The third kappa shape index (κ3) is 15.5. The lowest BCUT2D eigenvalue weighted by molar-refractivity contribution is -0.276.